The maximum atomic E-state index is 5.17. The molecule has 0 N–H and O–H groups in total. The van der Waals surface area contributed by atoms with Gasteiger partial charge in [-0.3, -0.25) is 4.40 Å². The van der Waals surface area contributed by atoms with Crippen molar-refractivity contribution >= 4 is 59.9 Å². The van der Waals surface area contributed by atoms with Crippen LogP contribution in [0.5, 0.6) is 0 Å². The highest BCUT2D eigenvalue weighted by Crippen LogP contribution is 2.37. The van der Waals surface area contributed by atoms with E-state index >= 15 is 0 Å². The maximum absolute atomic E-state index is 5.17. The smallest absolute Gasteiger partial charge is 0.146 e. The van der Waals surface area contributed by atoms with Crippen LogP contribution in [0.4, 0.5) is 0 Å². The van der Waals surface area contributed by atoms with Crippen molar-refractivity contribution in [1.82, 2.24) is 9.38 Å². The molecule has 0 atom stereocenters. The number of hydrogen-bond donors (Lipinski definition) is 0. The fourth-order valence-corrected chi connectivity index (χ4v) is 6.63. The van der Waals surface area contributed by atoms with Crippen molar-refractivity contribution in [2.45, 2.75) is 0 Å². The predicted molar refractivity (Wildman–Crippen MR) is 174 cm³/mol. The molecule has 0 unspecified atom stereocenters. The lowest BCUT2D eigenvalue weighted by molar-refractivity contribution is 1.31. The van der Waals surface area contributed by atoms with E-state index in [0.717, 1.165) is 16.7 Å². The summed E-state index contributed by atoms with van der Waals surface area (Å²) in [6.07, 6.45) is 0. The molecular weight excluding hydrogens is 496 g/mol. The summed E-state index contributed by atoms with van der Waals surface area (Å²) < 4.78 is 2.31. The van der Waals surface area contributed by atoms with Crippen molar-refractivity contribution in [2.24, 2.45) is 0 Å². The van der Waals surface area contributed by atoms with Crippen molar-refractivity contribution < 1.29 is 0 Å². The molecule has 0 saturated carbocycles. The molecule has 2 heterocycles. The monoisotopic (exact) mass is 520 g/mol. The van der Waals surface area contributed by atoms with E-state index in [2.05, 4.69) is 150 Å². The van der Waals surface area contributed by atoms with Gasteiger partial charge in [-0.1, -0.05) is 121 Å². The molecule has 0 saturated heterocycles. The summed E-state index contributed by atoms with van der Waals surface area (Å²) in [5, 5.41) is 8.80. The van der Waals surface area contributed by atoms with Crippen LogP contribution in [0.2, 0.25) is 0 Å². The SMILES string of the molecule is c1ccc2c(c1)cc(-c1ccc(-c3ccc4c(c3)nc3c5ccccc5c5ccccc5n43)cc1)c1ccccc12. The fraction of sp³-hybridized carbons (Fsp3) is 0. The zero-order valence-electron chi connectivity index (χ0n) is 22.3. The molecule has 0 aliphatic carbocycles. The summed E-state index contributed by atoms with van der Waals surface area (Å²) in [7, 11) is 0. The van der Waals surface area contributed by atoms with Gasteiger partial charge in [0.15, 0.2) is 0 Å². The van der Waals surface area contributed by atoms with Gasteiger partial charge in [0, 0.05) is 10.8 Å². The molecule has 0 bridgehead atoms. The summed E-state index contributed by atoms with van der Waals surface area (Å²) in [5.41, 5.74) is 9.17. The molecule has 7 aromatic carbocycles. The summed E-state index contributed by atoms with van der Waals surface area (Å²) in [6, 6.07) is 52.5. The second kappa shape index (κ2) is 8.51. The van der Waals surface area contributed by atoms with Crippen molar-refractivity contribution in [1.29, 1.82) is 0 Å². The number of imidazole rings is 1. The van der Waals surface area contributed by atoms with Gasteiger partial charge in [0.1, 0.15) is 5.65 Å². The zero-order chi connectivity index (χ0) is 26.9. The lowest BCUT2D eigenvalue weighted by Crippen LogP contribution is -1.91. The molecular formula is C39H24N2. The van der Waals surface area contributed by atoms with E-state index in [-0.39, 0.29) is 0 Å². The van der Waals surface area contributed by atoms with Gasteiger partial charge >= 0.3 is 0 Å². The number of para-hydroxylation sites is 1. The summed E-state index contributed by atoms with van der Waals surface area (Å²) in [5.74, 6) is 0. The van der Waals surface area contributed by atoms with Crippen LogP contribution in [0.25, 0.3) is 82.2 Å². The summed E-state index contributed by atoms with van der Waals surface area (Å²) >= 11 is 0. The number of fused-ring (bicyclic) bond motifs is 11. The third-order valence-corrected chi connectivity index (χ3v) is 8.55. The topological polar surface area (TPSA) is 17.3 Å². The minimum Gasteiger partial charge on any atom is -0.292 e. The molecule has 2 nitrogen and oxygen atoms in total. The lowest BCUT2D eigenvalue weighted by atomic mass is 9.92. The second-order valence-electron chi connectivity index (χ2n) is 10.8. The van der Waals surface area contributed by atoms with E-state index in [1.165, 1.54) is 65.5 Å². The molecule has 2 aromatic heterocycles. The molecule has 0 aliphatic heterocycles. The molecule has 0 aliphatic rings. The number of aromatic nitrogens is 2. The second-order valence-corrected chi connectivity index (χ2v) is 10.8. The van der Waals surface area contributed by atoms with Crippen molar-refractivity contribution in [3.05, 3.63) is 146 Å². The van der Waals surface area contributed by atoms with Crippen LogP contribution < -0.4 is 0 Å². The Morgan fingerprint density at radius 1 is 0.390 bits per heavy atom. The largest absolute Gasteiger partial charge is 0.292 e. The third kappa shape index (κ3) is 3.28. The highest BCUT2D eigenvalue weighted by atomic mass is 15.0. The molecule has 0 fully saturated rings. The highest BCUT2D eigenvalue weighted by Gasteiger charge is 2.14. The molecule has 0 amide bonds. The van der Waals surface area contributed by atoms with Gasteiger partial charge in [-0.25, -0.2) is 4.98 Å². The van der Waals surface area contributed by atoms with Gasteiger partial charge in [-0.15, -0.1) is 0 Å². The first kappa shape index (κ1) is 22.4. The van der Waals surface area contributed by atoms with E-state index in [4.69, 9.17) is 4.98 Å². The molecule has 0 spiro atoms. The quantitative estimate of drug-likeness (QED) is 0.207. The van der Waals surface area contributed by atoms with Crippen LogP contribution in [-0.2, 0) is 0 Å². The first-order valence-corrected chi connectivity index (χ1v) is 14.1. The normalized spacial score (nSPS) is 11.9. The molecule has 190 valence electrons. The Hall–Kier alpha value is -5.47. The zero-order valence-corrected chi connectivity index (χ0v) is 22.3. The van der Waals surface area contributed by atoms with Gasteiger partial charge in [0.25, 0.3) is 0 Å². The van der Waals surface area contributed by atoms with Crippen LogP contribution in [-0.4, -0.2) is 9.38 Å². The van der Waals surface area contributed by atoms with Crippen molar-refractivity contribution in [2.75, 3.05) is 0 Å². The Morgan fingerprint density at radius 3 is 1.78 bits per heavy atom. The fourth-order valence-electron chi connectivity index (χ4n) is 6.63. The van der Waals surface area contributed by atoms with Gasteiger partial charge in [0.05, 0.1) is 16.6 Å². The lowest BCUT2D eigenvalue weighted by Gasteiger charge is -2.12. The average molecular weight is 521 g/mol. The highest BCUT2D eigenvalue weighted by molar-refractivity contribution is 6.15. The van der Waals surface area contributed by atoms with E-state index in [1.807, 2.05) is 0 Å². The molecule has 41 heavy (non-hydrogen) atoms. The minimum absolute atomic E-state index is 1.00. The Labute approximate surface area is 236 Å². The van der Waals surface area contributed by atoms with E-state index in [1.54, 1.807) is 0 Å². The van der Waals surface area contributed by atoms with Gasteiger partial charge in [-0.2, -0.15) is 0 Å². The first-order valence-electron chi connectivity index (χ1n) is 14.1. The van der Waals surface area contributed by atoms with Crippen molar-refractivity contribution in [3.63, 3.8) is 0 Å². The summed E-state index contributed by atoms with van der Waals surface area (Å²) in [4.78, 5) is 5.17. The van der Waals surface area contributed by atoms with Crippen LogP contribution in [0.3, 0.4) is 0 Å². The number of pyridine rings is 1. The molecule has 9 aromatic rings. The maximum Gasteiger partial charge on any atom is 0.146 e. The molecule has 2 heteroatoms. The molecule has 0 radical (unpaired) electrons. The average Bonchev–Trinajstić information content (AvgIpc) is 3.44. The minimum atomic E-state index is 1.00. The van der Waals surface area contributed by atoms with Crippen LogP contribution in [0.1, 0.15) is 0 Å². The van der Waals surface area contributed by atoms with Crippen molar-refractivity contribution in [3.8, 4) is 22.3 Å². The Kier molecular flexibility index (Phi) is 4.64. The van der Waals surface area contributed by atoms with E-state index in [0.29, 0.717) is 0 Å². The van der Waals surface area contributed by atoms with Crippen LogP contribution in [0, 0.1) is 0 Å². The standard InChI is InChI=1S/C39H24N2/c1-2-10-29-28(9-1)23-35(31-12-4-3-11-30(29)31)26-19-17-25(18-20-26)27-21-22-38-36(24-27)40-39-34-15-6-5-13-32(34)33-14-7-8-16-37(33)41(38)39/h1-24H. The van der Waals surface area contributed by atoms with E-state index < -0.39 is 0 Å². The van der Waals surface area contributed by atoms with Crippen LogP contribution in [0.15, 0.2) is 146 Å². The van der Waals surface area contributed by atoms with Gasteiger partial charge in [-0.05, 0) is 73.5 Å². The Morgan fingerprint density at radius 2 is 0.976 bits per heavy atom. The first-order chi connectivity index (χ1) is 20.3. The van der Waals surface area contributed by atoms with Gasteiger partial charge in [0.2, 0.25) is 0 Å². The Bertz CT molecular complexity index is 2460. The van der Waals surface area contributed by atoms with E-state index in [9.17, 15) is 0 Å². The summed E-state index contributed by atoms with van der Waals surface area (Å²) in [6.45, 7) is 0. The number of nitrogens with zero attached hydrogens (tertiary/aromatic N) is 2. The number of rotatable bonds is 2. The van der Waals surface area contributed by atoms with Gasteiger partial charge < -0.3 is 0 Å². The number of benzene rings is 7. The third-order valence-electron chi connectivity index (χ3n) is 8.55. The Balaban J connectivity index is 1.20. The van der Waals surface area contributed by atoms with Crippen LogP contribution >= 0.6 is 0 Å². The molecule has 9 rings (SSSR count). The predicted octanol–water partition coefficient (Wildman–Crippen LogP) is 10.4. The number of hydrogen-bond acceptors (Lipinski definition) is 1.